The fourth-order valence-electron chi connectivity index (χ4n) is 6.20. The summed E-state index contributed by atoms with van der Waals surface area (Å²) in [4.78, 5) is 18.4. The fourth-order valence-corrected chi connectivity index (χ4v) is 7.72. The Morgan fingerprint density at radius 1 is 0.854 bits per heavy atom. The highest BCUT2D eigenvalue weighted by Gasteiger charge is 2.27. The Hall–Kier alpha value is -4.43. The molecular weight excluding hydrogens is 619 g/mol. The molecule has 8 heteroatoms. The minimum Gasteiger partial charge on any atom is -0.465 e. The van der Waals surface area contributed by atoms with Crippen LogP contribution in [-0.4, -0.2) is 37.6 Å². The number of sulfonamides is 1. The monoisotopic (exact) mass is 665 g/mol. The minimum absolute atomic E-state index is 0.250. The number of unbranched alkanes of at least 4 members (excludes halogenated alkanes) is 3. The largest absolute Gasteiger partial charge is 0.465 e. The number of hydrogen-bond donors (Lipinski definition) is 0. The molecule has 0 aliphatic rings. The van der Waals surface area contributed by atoms with Crippen molar-refractivity contribution < 1.29 is 17.9 Å². The van der Waals surface area contributed by atoms with Crippen LogP contribution in [0.25, 0.3) is 27.8 Å². The van der Waals surface area contributed by atoms with Gasteiger partial charge in [-0.2, -0.15) is 0 Å². The zero-order valence-electron chi connectivity index (χ0n) is 29.0. The summed E-state index contributed by atoms with van der Waals surface area (Å²) in [6.07, 6.45) is 5.46. The van der Waals surface area contributed by atoms with E-state index in [4.69, 9.17) is 9.72 Å². The zero-order valence-corrected chi connectivity index (χ0v) is 29.8. The first kappa shape index (κ1) is 34.9. The highest BCUT2D eigenvalue weighted by molar-refractivity contribution is 7.92. The Balaban J connectivity index is 1.64. The molecule has 48 heavy (non-hydrogen) atoms. The van der Waals surface area contributed by atoms with Gasteiger partial charge in [0.2, 0.25) is 0 Å². The van der Waals surface area contributed by atoms with E-state index in [0.29, 0.717) is 17.8 Å². The lowest BCUT2D eigenvalue weighted by Gasteiger charge is -2.25. The van der Waals surface area contributed by atoms with Gasteiger partial charge >= 0.3 is 5.97 Å². The van der Waals surface area contributed by atoms with Crippen LogP contribution in [0.15, 0.2) is 95.9 Å². The lowest BCUT2D eigenvalue weighted by atomic mass is 9.81. The third-order valence-electron chi connectivity index (χ3n) is 8.74. The van der Waals surface area contributed by atoms with Crippen molar-refractivity contribution in [2.45, 2.75) is 83.5 Å². The van der Waals surface area contributed by atoms with Crippen molar-refractivity contribution in [1.29, 1.82) is 0 Å². The van der Waals surface area contributed by atoms with Crippen molar-refractivity contribution in [3.8, 4) is 16.8 Å². The maximum absolute atomic E-state index is 14.0. The molecule has 0 N–H and O–H groups in total. The molecule has 0 aliphatic carbocycles. The molecule has 0 bridgehead atoms. The van der Waals surface area contributed by atoms with Crippen LogP contribution in [-0.2, 0) is 26.6 Å². The summed E-state index contributed by atoms with van der Waals surface area (Å²) in [5.41, 5.74) is 6.16. The summed E-state index contributed by atoms with van der Waals surface area (Å²) in [6, 6.07) is 28.5. The standard InChI is InChI=1S/C40H47N3O4S/c1-7-9-14-27-42(48(45,46)32-16-12-11-13-17-32)31-25-26-35-36(28-31)43(37(41-35)20-10-8-2)30-23-21-29(22-24-30)33-18-15-19-34(40(3,4)5)38(33)39(44)47-6/h11-13,15-19,21-26,28H,7-10,14,20,27H2,1-6H3. The van der Waals surface area contributed by atoms with E-state index in [1.165, 1.54) is 7.11 Å². The van der Waals surface area contributed by atoms with Crippen molar-refractivity contribution in [3.05, 3.63) is 108 Å². The molecule has 7 nitrogen and oxygen atoms in total. The first-order valence-electron chi connectivity index (χ1n) is 16.9. The first-order valence-corrected chi connectivity index (χ1v) is 18.4. The van der Waals surface area contributed by atoms with E-state index < -0.39 is 10.0 Å². The molecule has 0 saturated carbocycles. The fraction of sp³-hybridized carbons (Fsp3) is 0.350. The van der Waals surface area contributed by atoms with E-state index in [9.17, 15) is 13.2 Å². The number of ether oxygens (including phenoxy) is 1. The molecule has 0 radical (unpaired) electrons. The van der Waals surface area contributed by atoms with Crippen molar-refractivity contribution in [3.63, 3.8) is 0 Å². The summed E-state index contributed by atoms with van der Waals surface area (Å²) in [6.45, 7) is 10.9. The SMILES string of the molecule is CCCCCN(c1ccc2nc(CCCC)n(-c3ccc(-c4cccc(C(C)(C)C)c4C(=O)OC)cc3)c2c1)S(=O)(=O)c1ccccc1. The van der Waals surface area contributed by atoms with E-state index in [0.717, 1.165) is 77.8 Å². The van der Waals surface area contributed by atoms with Crippen molar-refractivity contribution in [2.24, 2.45) is 0 Å². The number of carbonyl (C=O) groups excluding carboxylic acids is 1. The van der Waals surface area contributed by atoms with Crippen LogP contribution in [0.3, 0.4) is 0 Å². The predicted molar refractivity (Wildman–Crippen MR) is 196 cm³/mol. The average Bonchev–Trinajstić information content (AvgIpc) is 3.46. The molecule has 0 spiro atoms. The molecule has 0 unspecified atom stereocenters. The Kier molecular flexibility index (Phi) is 10.7. The molecule has 0 atom stereocenters. The molecule has 0 aliphatic heterocycles. The number of benzene rings is 4. The number of hydrogen-bond acceptors (Lipinski definition) is 5. The van der Waals surface area contributed by atoms with Crippen LogP contribution >= 0.6 is 0 Å². The summed E-state index contributed by atoms with van der Waals surface area (Å²) >= 11 is 0. The van der Waals surface area contributed by atoms with Gasteiger partial charge in [0.05, 0.1) is 34.3 Å². The van der Waals surface area contributed by atoms with E-state index >= 15 is 0 Å². The van der Waals surface area contributed by atoms with Crippen LogP contribution in [0.1, 0.15) is 88.5 Å². The topological polar surface area (TPSA) is 81.5 Å². The summed E-state index contributed by atoms with van der Waals surface area (Å²) in [5.74, 6) is 0.564. The maximum atomic E-state index is 14.0. The third kappa shape index (κ3) is 7.19. The van der Waals surface area contributed by atoms with Gasteiger partial charge < -0.3 is 4.74 Å². The molecular formula is C40H47N3O4S. The van der Waals surface area contributed by atoms with Gasteiger partial charge in [0, 0.05) is 18.7 Å². The number of esters is 1. The molecule has 5 aromatic rings. The lowest BCUT2D eigenvalue weighted by molar-refractivity contribution is 0.0599. The van der Waals surface area contributed by atoms with E-state index in [2.05, 4.69) is 39.2 Å². The Morgan fingerprint density at radius 3 is 2.21 bits per heavy atom. The van der Waals surface area contributed by atoms with Gasteiger partial charge in [0.1, 0.15) is 5.82 Å². The summed E-state index contributed by atoms with van der Waals surface area (Å²) < 4.78 is 36.9. The molecule has 0 amide bonds. The predicted octanol–water partition coefficient (Wildman–Crippen LogP) is 9.50. The molecule has 1 aromatic heterocycles. The summed E-state index contributed by atoms with van der Waals surface area (Å²) in [5, 5.41) is 0. The molecule has 252 valence electrons. The van der Waals surface area contributed by atoms with E-state index in [1.807, 2.05) is 66.7 Å². The number of imidazole rings is 1. The Labute approximate surface area is 285 Å². The third-order valence-corrected chi connectivity index (χ3v) is 10.6. The van der Waals surface area contributed by atoms with Gasteiger partial charge in [-0.3, -0.25) is 8.87 Å². The Bertz CT molecular complexity index is 1980. The first-order chi connectivity index (χ1) is 23.0. The second kappa shape index (κ2) is 14.8. The van der Waals surface area contributed by atoms with Crippen molar-refractivity contribution in [2.75, 3.05) is 18.0 Å². The normalized spacial score (nSPS) is 12.0. The van der Waals surface area contributed by atoms with Gasteiger partial charge in [-0.15, -0.1) is 0 Å². The van der Waals surface area contributed by atoms with Gasteiger partial charge in [-0.25, -0.2) is 18.2 Å². The van der Waals surface area contributed by atoms with Gasteiger partial charge in [-0.05, 0) is 77.4 Å². The number of aryl methyl sites for hydroxylation is 1. The van der Waals surface area contributed by atoms with Crippen LogP contribution in [0, 0.1) is 0 Å². The summed E-state index contributed by atoms with van der Waals surface area (Å²) in [7, 11) is -2.37. The quantitative estimate of drug-likeness (QED) is 0.0924. The Morgan fingerprint density at radius 2 is 1.56 bits per heavy atom. The van der Waals surface area contributed by atoms with E-state index in [1.54, 1.807) is 28.6 Å². The second-order valence-electron chi connectivity index (χ2n) is 13.3. The number of anilines is 1. The molecule has 1 heterocycles. The molecule has 5 rings (SSSR count). The lowest BCUT2D eigenvalue weighted by Crippen LogP contribution is -2.32. The highest BCUT2D eigenvalue weighted by Crippen LogP contribution is 2.35. The number of rotatable bonds is 13. The minimum atomic E-state index is -3.79. The maximum Gasteiger partial charge on any atom is 0.338 e. The van der Waals surface area contributed by atoms with Gasteiger partial charge in [-0.1, -0.05) is 102 Å². The number of methoxy groups -OCH3 is 1. The molecule has 0 saturated heterocycles. The van der Waals surface area contributed by atoms with Crippen LogP contribution < -0.4 is 4.31 Å². The highest BCUT2D eigenvalue weighted by atomic mass is 32.2. The van der Waals surface area contributed by atoms with Gasteiger partial charge in [0.15, 0.2) is 0 Å². The van der Waals surface area contributed by atoms with Gasteiger partial charge in [0.25, 0.3) is 10.0 Å². The van der Waals surface area contributed by atoms with Crippen LogP contribution in [0.5, 0.6) is 0 Å². The molecule has 0 fully saturated rings. The zero-order chi connectivity index (χ0) is 34.5. The van der Waals surface area contributed by atoms with Crippen molar-refractivity contribution >= 4 is 32.7 Å². The number of carbonyl (C=O) groups is 1. The number of aromatic nitrogens is 2. The van der Waals surface area contributed by atoms with E-state index in [-0.39, 0.29) is 16.3 Å². The average molecular weight is 666 g/mol. The van der Waals surface area contributed by atoms with Crippen LogP contribution in [0.2, 0.25) is 0 Å². The molecule has 4 aromatic carbocycles. The number of nitrogens with zero attached hydrogens (tertiary/aromatic N) is 3. The smallest absolute Gasteiger partial charge is 0.338 e. The van der Waals surface area contributed by atoms with Crippen molar-refractivity contribution in [1.82, 2.24) is 9.55 Å². The van der Waals surface area contributed by atoms with Crippen LogP contribution in [0.4, 0.5) is 5.69 Å². The number of fused-ring (bicyclic) bond motifs is 1. The second-order valence-corrected chi connectivity index (χ2v) is 15.1.